The minimum absolute atomic E-state index is 0. The Kier molecular flexibility index (Phi) is 33.5. The Morgan fingerprint density at radius 3 is 1.06 bits per heavy atom. The molecule has 0 bridgehead atoms. The summed E-state index contributed by atoms with van der Waals surface area (Å²) >= 11 is 0. The number of likely N-dealkylation sites (N-methyl/N-ethyl adjacent to an activating group) is 4. The van der Waals surface area contributed by atoms with Crippen LogP contribution in [-0.2, 0) is 24.3 Å². The molecule has 13 rings (SSSR count). The Bertz CT molecular complexity index is 5950. The molecule has 0 fully saturated rings. The van der Waals surface area contributed by atoms with Crippen LogP contribution in [0.3, 0.4) is 0 Å². The van der Waals surface area contributed by atoms with Crippen LogP contribution in [0, 0.1) is 0 Å². The number of anilines is 9. The molecular formula is C86H99ClI3N15O16S2. The third-order valence-corrected chi connectivity index (χ3v) is 22.5. The molecular weight excluding hydrogens is 1980 g/mol. The van der Waals surface area contributed by atoms with E-state index in [1.165, 1.54) is 36.4 Å². The lowest BCUT2D eigenvalue weighted by Gasteiger charge is -2.25. The summed E-state index contributed by atoms with van der Waals surface area (Å²) in [5.41, 5.74) is 39.5. The van der Waals surface area contributed by atoms with Gasteiger partial charge in [-0.05, 0) is 36.4 Å². The summed E-state index contributed by atoms with van der Waals surface area (Å²) in [6.45, 7) is 3.16. The van der Waals surface area contributed by atoms with Crippen molar-refractivity contribution >= 4 is 129 Å². The smallest absolute Gasteiger partial charge is 0.299 e. The highest BCUT2D eigenvalue weighted by Crippen LogP contribution is 2.43. The number of para-hydroxylation sites is 1. The molecule has 0 radical (unpaired) electrons. The Hall–Kier alpha value is -10.2. The average molecular weight is 2080 g/mol. The zero-order valence-electron chi connectivity index (χ0n) is 69.7. The lowest BCUT2D eigenvalue weighted by atomic mass is 9.81. The van der Waals surface area contributed by atoms with E-state index >= 15 is 0 Å². The number of nitrogens with zero attached hydrogens (tertiary/aromatic N) is 4. The monoisotopic (exact) mass is 2080 g/mol. The van der Waals surface area contributed by atoms with Gasteiger partial charge in [-0.1, -0.05) is 115 Å². The zero-order valence-corrected chi connectivity index (χ0v) is 78.5. The molecule has 123 heavy (non-hydrogen) atoms. The molecule has 18 N–H and O–H groups in total. The molecule has 37 heteroatoms. The number of hydrogen-bond donors (Lipinski definition) is 12. The van der Waals surface area contributed by atoms with Crippen LogP contribution in [0.25, 0.3) is 0 Å². The van der Waals surface area contributed by atoms with Gasteiger partial charge in [-0.3, -0.25) is 52.1 Å². The Balaban J connectivity index is 0.000000252. The van der Waals surface area contributed by atoms with Crippen molar-refractivity contribution in [2.75, 3.05) is 195 Å². The van der Waals surface area contributed by atoms with E-state index < -0.39 is 59.9 Å². The maximum absolute atomic E-state index is 13.4. The van der Waals surface area contributed by atoms with Gasteiger partial charge < -0.3 is 163 Å². The number of benzene rings is 9. The predicted molar refractivity (Wildman–Crippen MR) is 455 cm³/mol. The number of carbonyl (C=O) groups is 10. The highest BCUT2D eigenvalue weighted by atomic mass is 127. The van der Waals surface area contributed by atoms with Gasteiger partial charge in [-0.25, -0.2) is 13.1 Å². The van der Waals surface area contributed by atoms with Crippen LogP contribution in [0.5, 0.6) is 0 Å². The number of carbonyl (C=O) groups excluding carboxylic acids is 10. The first-order valence-corrected chi connectivity index (χ1v) is 40.5. The number of nitrogen functional groups attached to an aromatic ring is 6. The molecule has 0 atom stereocenters. The first kappa shape index (κ1) is 102. The normalized spacial score (nSPS) is 12.9. The molecule has 0 saturated carbocycles. The fourth-order valence-corrected chi connectivity index (χ4v) is 15.7. The van der Waals surface area contributed by atoms with Crippen molar-refractivity contribution in [2.45, 2.75) is 9.79 Å². The Morgan fingerprint density at radius 2 is 0.675 bits per heavy atom. The lowest BCUT2D eigenvalue weighted by Crippen LogP contribution is -3.00. The Labute approximate surface area is 771 Å². The summed E-state index contributed by atoms with van der Waals surface area (Å²) in [6.07, 6.45) is 0. The van der Waals surface area contributed by atoms with Crippen LogP contribution in [0.4, 0.5) is 51.2 Å². The van der Waals surface area contributed by atoms with E-state index in [0.29, 0.717) is 60.9 Å². The number of halogens is 4. The molecule has 0 aliphatic heterocycles. The second-order valence-corrected chi connectivity index (χ2v) is 36.0. The molecule has 0 spiro atoms. The van der Waals surface area contributed by atoms with Gasteiger partial charge in [-0.2, -0.15) is 8.42 Å². The third-order valence-electron chi connectivity index (χ3n) is 19.7. The van der Waals surface area contributed by atoms with Crippen LogP contribution in [0.15, 0.2) is 161 Å². The fraction of sp³-hybridized carbons (Fsp3) is 0.256. The standard InChI is InChI=1S/C26H26N4O3.C21H25N3O6S.C20H22N4O3.C19H22N4O4S.ClH.3HI/c1-30(2,3)14-13-28-26(33)19-15-20(29-16-9-5-4-6-10-16)21-22(23(19)27)25(32)18-12-8-7-11-17(18)24(21)31;1-24(2,3)9-11-30-31(28,29)16-12-15(23-8-10-25)17-18(19(16)22)21(27)14-7-5-4-6-13(14)20(17)26;1-24(2,3)9-8-23-20(27)13-10-14(21)15-16(17(13)22)19(26)12-7-5-4-6-11(12)18(15)25;1-23(2,3)9-8-22-28(26,27)14-10-13(20)15-16(17(14)21)19(25)12-7-5-4-6-11(12)18(15)24;;;;/h4-12,15H,13-14H2,1-3H3,(H3-,27,28,29,31,32,33);4-7,12,25H,8-11H2,1-3H3,(H2-,22,23,26,27);4-7,10H,8-9H2,1-3H3,(H4-,21,22,23,25,26,27);4-7,10,22H,8-9H2,1-3H3,(H3-,20,21,24,25);4*1H. The van der Waals surface area contributed by atoms with Gasteiger partial charge in [0.1, 0.15) is 22.9 Å². The van der Waals surface area contributed by atoms with Crippen LogP contribution < -0.4 is 145 Å². The largest absolute Gasteiger partial charge is 1.00 e. The van der Waals surface area contributed by atoms with Crippen molar-refractivity contribution in [3.05, 3.63) is 252 Å². The van der Waals surface area contributed by atoms with E-state index in [1.807, 2.05) is 115 Å². The summed E-state index contributed by atoms with van der Waals surface area (Å²) in [5, 5.41) is 20.9. The highest BCUT2D eigenvalue weighted by Gasteiger charge is 2.41. The number of sulfonamides is 1. The van der Waals surface area contributed by atoms with Crippen molar-refractivity contribution in [3.63, 3.8) is 0 Å². The number of aliphatic hydroxyl groups is 1. The number of aliphatic hydroxyl groups excluding tert-OH is 1. The molecule has 0 unspecified atom stereocenters. The molecule has 654 valence electrons. The van der Waals surface area contributed by atoms with Crippen LogP contribution in [0.1, 0.15) is 148 Å². The zero-order chi connectivity index (χ0) is 87.5. The fourth-order valence-electron chi connectivity index (χ4n) is 13.5. The Morgan fingerprint density at radius 1 is 0.366 bits per heavy atom. The number of ketones is 8. The first-order valence-electron chi connectivity index (χ1n) is 37.6. The van der Waals surface area contributed by atoms with Crippen LogP contribution in [0.2, 0.25) is 0 Å². The second-order valence-electron chi connectivity index (χ2n) is 32.7. The quantitative estimate of drug-likeness (QED) is 0.0123. The van der Waals surface area contributed by atoms with Crippen molar-refractivity contribution in [1.29, 1.82) is 0 Å². The van der Waals surface area contributed by atoms with Crippen LogP contribution in [-0.4, -0.2) is 248 Å². The number of quaternary nitrogens is 4. The van der Waals surface area contributed by atoms with Crippen molar-refractivity contribution in [3.8, 4) is 0 Å². The van der Waals surface area contributed by atoms with Gasteiger partial charge in [-0.15, -0.1) is 0 Å². The summed E-state index contributed by atoms with van der Waals surface area (Å²) in [4.78, 5) is 130. The maximum atomic E-state index is 13.4. The first-order chi connectivity index (χ1) is 55.7. The molecule has 0 heterocycles. The summed E-state index contributed by atoms with van der Waals surface area (Å²) < 4.78 is 61.4. The molecule has 0 aromatic heterocycles. The topological polar surface area (TPSA) is 485 Å². The van der Waals surface area contributed by atoms with E-state index in [2.05, 4.69) is 26.0 Å². The molecule has 4 aliphatic rings. The summed E-state index contributed by atoms with van der Waals surface area (Å²) in [7, 11) is 15.3. The predicted octanol–water partition coefficient (Wildman–Crippen LogP) is -6.23. The summed E-state index contributed by atoms with van der Waals surface area (Å²) in [6, 6.07) is 40.3. The van der Waals surface area contributed by atoms with Gasteiger partial charge in [0.15, 0.2) is 46.3 Å². The van der Waals surface area contributed by atoms with Gasteiger partial charge >= 0.3 is 0 Å². The van der Waals surface area contributed by atoms with E-state index in [0.717, 1.165) is 24.8 Å². The number of nitrogens with two attached hydrogens (primary N) is 6. The van der Waals surface area contributed by atoms with Gasteiger partial charge in [0.2, 0.25) is 10.0 Å². The number of fused-ring (bicyclic) bond motifs is 8. The molecule has 31 nitrogen and oxygen atoms in total. The van der Waals surface area contributed by atoms with Crippen molar-refractivity contribution < 1.29 is 176 Å². The summed E-state index contributed by atoms with van der Waals surface area (Å²) in [5.74, 6) is -4.20. The second kappa shape index (κ2) is 40.6. The average Bonchev–Trinajstić information content (AvgIpc) is 0.747. The maximum Gasteiger partial charge on any atom is 0.299 e. The molecule has 0 saturated heterocycles. The number of rotatable bonds is 23. The minimum Gasteiger partial charge on any atom is -1.00 e. The molecule has 2 amide bonds. The molecule has 9 aromatic rings. The minimum atomic E-state index is -4.31. The van der Waals surface area contributed by atoms with Gasteiger partial charge in [0.25, 0.3) is 21.9 Å². The lowest BCUT2D eigenvalue weighted by molar-refractivity contribution is -0.870. The van der Waals surface area contributed by atoms with Crippen LogP contribution >= 0.6 is 0 Å². The highest BCUT2D eigenvalue weighted by molar-refractivity contribution is 7.89. The van der Waals surface area contributed by atoms with E-state index in [4.69, 9.17) is 38.6 Å². The van der Waals surface area contributed by atoms with Crippen molar-refractivity contribution in [1.82, 2.24) is 15.4 Å². The van der Waals surface area contributed by atoms with E-state index in [1.54, 1.807) is 78.9 Å². The van der Waals surface area contributed by atoms with Gasteiger partial charge in [0.05, 0.1) is 215 Å². The number of hydrogen-bond acceptors (Lipinski definition) is 24. The molecule has 4 aliphatic carbocycles. The van der Waals surface area contributed by atoms with Gasteiger partial charge in [0, 0.05) is 73.8 Å². The van der Waals surface area contributed by atoms with E-state index in [-0.39, 0.29) is 268 Å². The molecule has 9 aromatic carbocycles. The SMILES string of the molecule is C[N+](C)(C)CCNC(=O)c1cc(N)c2c(c1N)C(=O)c1ccccc1C2=O.C[N+](C)(C)CCNC(=O)c1cc(Nc2ccccc2)c2c(c1N)C(=O)c1ccccc1C2=O.C[N+](C)(C)CCNS(=O)(=O)c1cc(N)c2c(c1N)C(=O)c1ccccc1C2=O.C[N+](C)(C)CCOS(=O)(=O)c1cc(NCCO)c2c(c1N)C(=O)c1ccccc1C2=O.[Cl-].[I-].[I-].[I-]. The van der Waals surface area contributed by atoms with E-state index in [9.17, 15) is 69.9 Å². The number of nitrogens with one attached hydrogen (secondary N) is 5. The number of amides is 2. The van der Waals surface area contributed by atoms with Crippen molar-refractivity contribution in [2.24, 2.45) is 0 Å². The third kappa shape index (κ3) is 22.7.